The molecule has 1 saturated heterocycles. The van der Waals surface area contributed by atoms with E-state index in [2.05, 4.69) is 19.8 Å². The number of rotatable bonds is 4. The molecule has 6 nitrogen and oxygen atoms in total. The summed E-state index contributed by atoms with van der Waals surface area (Å²) < 4.78 is 27.1. The molecule has 0 radical (unpaired) electrons. The van der Waals surface area contributed by atoms with Gasteiger partial charge in [0.2, 0.25) is 0 Å². The first-order chi connectivity index (χ1) is 10.1. The number of anilines is 2. The summed E-state index contributed by atoms with van der Waals surface area (Å²) >= 11 is 0. The Morgan fingerprint density at radius 1 is 1.19 bits per heavy atom. The zero-order valence-corrected chi connectivity index (χ0v) is 12.7. The normalized spacial score (nSPS) is 15.4. The Balaban J connectivity index is 1.77. The second-order valence-corrected chi connectivity index (χ2v) is 6.86. The van der Waals surface area contributed by atoms with Gasteiger partial charge in [-0.1, -0.05) is 0 Å². The van der Waals surface area contributed by atoms with Gasteiger partial charge in [-0.15, -0.1) is 0 Å². The maximum absolute atomic E-state index is 12.2. The van der Waals surface area contributed by atoms with E-state index in [1.807, 2.05) is 12.1 Å². The third kappa shape index (κ3) is 2.87. The first kappa shape index (κ1) is 13.9. The SMILES string of the molecule is Cc1[nH]ncc1S(=O)(=O)Nc1ccc(N2CCCC2)cc1. The zero-order valence-electron chi connectivity index (χ0n) is 11.8. The molecule has 0 aliphatic carbocycles. The van der Waals surface area contributed by atoms with E-state index in [1.165, 1.54) is 19.0 Å². The summed E-state index contributed by atoms with van der Waals surface area (Å²) in [6, 6.07) is 7.48. The quantitative estimate of drug-likeness (QED) is 0.907. The lowest BCUT2D eigenvalue weighted by atomic mass is 10.2. The fourth-order valence-corrected chi connectivity index (χ4v) is 3.73. The summed E-state index contributed by atoms with van der Waals surface area (Å²) in [7, 11) is -3.59. The first-order valence-corrected chi connectivity index (χ1v) is 8.42. The summed E-state index contributed by atoms with van der Waals surface area (Å²) in [5.74, 6) is 0. The van der Waals surface area contributed by atoms with Crippen LogP contribution in [-0.2, 0) is 10.0 Å². The minimum absolute atomic E-state index is 0.172. The van der Waals surface area contributed by atoms with E-state index in [0.717, 1.165) is 18.8 Å². The molecule has 1 aliphatic rings. The molecule has 7 heteroatoms. The molecular weight excluding hydrogens is 288 g/mol. The number of sulfonamides is 1. The number of H-pyrrole nitrogens is 1. The van der Waals surface area contributed by atoms with Gasteiger partial charge >= 0.3 is 0 Å². The van der Waals surface area contributed by atoms with Gasteiger partial charge in [-0.25, -0.2) is 8.42 Å². The van der Waals surface area contributed by atoms with Crippen molar-refractivity contribution in [3.63, 3.8) is 0 Å². The van der Waals surface area contributed by atoms with Crippen LogP contribution in [-0.4, -0.2) is 31.7 Å². The van der Waals surface area contributed by atoms with Crippen LogP contribution in [0.1, 0.15) is 18.5 Å². The molecule has 112 valence electrons. The Hall–Kier alpha value is -2.02. The molecule has 1 aliphatic heterocycles. The smallest absolute Gasteiger partial charge is 0.265 e. The first-order valence-electron chi connectivity index (χ1n) is 6.94. The van der Waals surface area contributed by atoms with Gasteiger partial charge < -0.3 is 4.90 Å². The number of aromatic amines is 1. The van der Waals surface area contributed by atoms with E-state index >= 15 is 0 Å². The van der Waals surface area contributed by atoms with Gasteiger partial charge in [0.1, 0.15) is 4.90 Å². The van der Waals surface area contributed by atoms with Crippen LogP contribution in [0.3, 0.4) is 0 Å². The summed E-state index contributed by atoms with van der Waals surface area (Å²) in [6.07, 6.45) is 3.75. The Labute approximate surface area is 124 Å². The van der Waals surface area contributed by atoms with E-state index in [0.29, 0.717) is 11.4 Å². The van der Waals surface area contributed by atoms with Crippen LogP contribution in [0.15, 0.2) is 35.4 Å². The topological polar surface area (TPSA) is 78.1 Å². The van der Waals surface area contributed by atoms with Gasteiger partial charge in [0, 0.05) is 24.5 Å². The van der Waals surface area contributed by atoms with Crippen LogP contribution in [0.4, 0.5) is 11.4 Å². The van der Waals surface area contributed by atoms with Crippen molar-refractivity contribution >= 4 is 21.4 Å². The molecule has 0 amide bonds. The van der Waals surface area contributed by atoms with Crippen molar-refractivity contribution < 1.29 is 8.42 Å². The highest BCUT2D eigenvalue weighted by molar-refractivity contribution is 7.92. The molecule has 2 heterocycles. The molecule has 0 bridgehead atoms. The number of hydrogen-bond donors (Lipinski definition) is 2. The third-order valence-electron chi connectivity index (χ3n) is 3.66. The van der Waals surface area contributed by atoms with Crippen LogP contribution in [0.5, 0.6) is 0 Å². The summed E-state index contributed by atoms with van der Waals surface area (Å²) in [5.41, 5.74) is 2.21. The molecule has 1 fully saturated rings. The molecule has 0 spiro atoms. The monoisotopic (exact) mass is 306 g/mol. The van der Waals surface area contributed by atoms with Gasteiger partial charge in [0.05, 0.1) is 11.9 Å². The lowest BCUT2D eigenvalue weighted by molar-refractivity contribution is 0.600. The predicted octanol–water partition coefficient (Wildman–Crippen LogP) is 2.12. The lowest BCUT2D eigenvalue weighted by Crippen LogP contribution is -2.17. The third-order valence-corrected chi connectivity index (χ3v) is 5.16. The fraction of sp³-hybridized carbons (Fsp3) is 0.357. The van der Waals surface area contributed by atoms with Crippen LogP contribution in [0.2, 0.25) is 0 Å². The van der Waals surface area contributed by atoms with Gasteiger partial charge in [-0.05, 0) is 44.0 Å². The molecule has 1 aromatic carbocycles. The van der Waals surface area contributed by atoms with E-state index < -0.39 is 10.0 Å². The number of nitrogens with one attached hydrogen (secondary N) is 2. The highest BCUT2D eigenvalue weighted by Crippen LogP contribution is 2.23. The standard InChI is InChI=1S/C14H18N4O2S/c1-11-14(10-15-16-11)21(19,20)17-12-4-6-13(7-5-12)18-8-2-3-9-18/h4-7,10,17H,2-3,8-9H2,1H3,(H,15,16). The zero-order chi connectivity index (χ0) is 14.9. The summed E-state index contributed by atoms with van der Waals surface area (Å²) in [5, 5.41) is 6.38. The second kappa shape index (κ2) is 5.40. The summed E-state index contributed by atoms with van der Waals surface area (Å²) in [4.78, 5) is 2.48. The van der Waals surface area contributed by atoms with Crippen molar-refractivity contribution in [3.8, 4) is 0 Å². The average molecular weight is 306 g/mol. The number of hydrogen-bond acceptors (Lipinski definition) is 4. The maximum Gasteiger partial charge on any atom is 0.265 e. The van der Waals surface area contributed by atoms with Crippen LogP contribution < -0.4 is 9.62 Å². The van der Waals surface area contributed by atoms with E-state index in [4.69, 9.17) is 0 Å². The molecule has 2 aromatic rings. The van der Waals surface area contributed by atoms with Crippen LogP contribution in [0.25, 0.3) is 0 Å². The minimum atomic E-state index is -3.59. The number of aromatic nitrogens is 2. The molecule has 0 saturated carbocycles. The van der Waals surface area contributed by atoms with Crippen molar-refractivity contribution in [1.29, 1.82) is 0 Å². The minimum Gasteiger partial charge on any atom is -0.372 e. The predicted molar refractivity (Wildman–Crippen MR) is 82.0 cm³/mol. The Kier molecular flexibility index (Phi) is 3.59. The molecule has 3 rings (SSSR count). The Morgan fingerprint density at radius 2 is 1.86 bits per heavy atom. The second-order valence-electron chi connectivity index (χ2n) is 5.21. The summed E-state index contributed by atoms with van der Waals surface area (Å²) in [6.45, 7) is 3.82. The number of aryl methyl sites for hydroxylation is 1. The van der Waals surface area contributed by atoms with Crippen molar-refractivity contribution in [1.82, 2.24) is 10.2 Å². The molecule has 0 unspecified atom stereocenters. The van der Waals surface area contributed by atoms with E-state index in [1.54, 1.807) is 19.1 Å². The molecular formula is C14H18N4O2S. The highest BCUT2D eigenvalue weighted by Gasteiger charge is 2.19. The maximum atomic E-state index is 12.2. The average Bonchev–Trinajstić information content (AvgIpc) is 3.10. The fourth-order valence-electron chi connectivity index (χ4n) is 2.54. The van der Waals surface area contributed by atoms with Crippen molar-refractivity contribution in [2.75, 3.05) is 22.7 Å². The van der Waals surface area contributed by atoms with E-state index in [-0.39, 0.29) is 4.90 Å². The number of nitrogens with zero attached hydrogens (tertiary/aromatic N) is 2. The van der Waals surface area contributed by atoms with Gasteiger partial charge in [0.25, 0.3) is 10.0 Å². The molecule has 0 atom stereocenters. The van der Waals surface area contributed by atoms with Crippen molar-refractivity contribution in [2.45, 2.75) is 24.7 Å². The highest BCUT2D eigenvalue weighted by atomic mass is 32.2. The number of benzene rings is 1. The Bertz CT molecular complexity index is 716. The largest absolute Gasteiger partial charge is 0.372 e. The Morgan fingerprint density at radius 3 is 2.43 bits per heavy atom. The van der Waals surface area contributed by atoms with Gasteiger partial charge in [-0.3, -0.25) is 9.82 Å². The van der Waals surface area contributed by atoms with Crippen LogP contribution in [0, 0.1) is 6.92 Å². The van der Waals surface area contributed by atoms with Crippen molar-refractivity contribution in [3.05, 3.63) is 36.2 Å². The molecule has 1 aromatic heterocycles. The van der Waals surface area contributed by atoms with Crippen molar-refractivity contribution in [2.24, 2.45) is 0 Å². The molecule has 2 N–H and O–H groups in total. The lowest BCUT2D eigenvalue weighted by Gasteiger charge is -2.17. The molecule has 21 heavy (non-hydrogen) atoms. The van der Waals surface area contributed by atoms with Gasteiger partial charge in [0.15, 0.2) is 0 Å². The van der Waals surface area contributed by atoms with E-state index in [9.17, 15) is 8.42 Å². The van der Waals surface area contributed by atoms with Crippen LogP contribution >= 0.6 is 0 Å². The van der Waals surface area contributed by atoms with Gasteiger partial charge in [-0.2, -0.15) is 5.10 Å².